The van der Waals surface area contributed by atoms with Crippen molar-refractivity contribution in [1.29, 1.82) is 0 Å². The number of aromatic nitrogens is 1. The Balaban J connectivity index is 2.29. The average molecular weight is 307 g/mol. The molecule has 0 saturated carbocycles. The number of hydrogen-bond acceptors (Lipinski definition) is 5. The molecule has 0 unspecified atom stereocenters. The van der Waals surface area contributed by atoms with Gasteiger partial charge in [-0.1, -0.05) is 0 Å². The largest absolute Gasteiger partial charge is 0.495 e. The van der Waals surface area contributed by atoms with Crippen LogP contribution in [-0.2, 0) is 16.6 Å². The Labute approximate surface area is 124 Å². The van der Waals surface area contributed by atoms with Gasteiger partial charge in [0, 0.05) is 24.6 Å². The van der Waals surface area contributed by atoms with E-state index >= 15 is 0 Å². The summed E-state index contributed by atoms with van der Waals surface area (Å²) in [5, 5.41) is 0. The van der Waals surface area contributed by atoms with Gasteiger partial charge in [-0.2, -0.15) is 0 Å². The quantitative estimate of drug-likeness (QED) is 0.816. The zero-order chi connectivity index (χ0) is 15.5. The molecule has 112 valence electrons. The van der Waals surface area contributed by atoms with E-state index in [1.54, 1.807) is 37.5 Å². The van der Waals surface area contributed by atoms with Gasteiger partial charge in [0.05, 0.1) is 7.11 Å². The smallest absolute Gasteiger partial charge is 0.244 e. The third-order valence-electron chi connectivity index (χ3n) is 3.06. The van der Waals surface area contributed by atoms with Crippen LogP contribution in [0.15, 0.2) is 41.6 Å². The van der Waals surface area contributed by atoms with Gasteiger partial charge < -0.3 is 10.5 Å². The maximum atomic E-state index is 12.4. The maximum Gasteiger partial charge on any atom is 0.244 e. The number of nitrogen functional groups attached to an aromatic ring is 1. The molecule has 2 rings (SSSR count). The van der Waals surface area contributed by atoms with E-state index < -0.39 is 10.0 Å². The normalized spacial score (nSPS) is 11.3. The molecule has 0 bridgehead atoms. The second-order valence-electron chi connectivity index (χ2n) is 4.54. The lowest BCUT2D eigenvalue weighted by atomic mass is 10.2. The lowest BCUT2D eigenvalue weighted by Crippen LogP contribution is -2.24. The highest BCUT2D eigenvalue weighted by Gasteiger charge is 2.20. The first kappa shape index (κ1) is 15.3. The summed E-state index contributed by atoms with van der Waals surface area (Å²) in [7, 11) is -2.29. The molecular weight excluding hydrogens is 290 g/mol. The number of aryl methyl sites for hydroxylation is 1. The van der Waals surface area contributed by atoms with Crippen LogP contribution in [0.4, 0.5) is 5.69 Å². The van der Waals surface area contributed by atoms with Gasteiger partial charge in [0.1, 0.15) is 10.6 Å². The minimum atomic E-state index is -3.72. The molecule has 1 aromatic heterocycles. The Morgan fingerprint density at radius 1 is 1.29 bits per heavy atom. The highest BCUT2D eigenvalue weighted by molar-refractivity contribution is 7.89. The molecule has 0 fully saturated rings. The lowest BCUT2D eigenvalue weighted by molar-refractivity contribution is 0.402. The molecule has 0 saturated heterocycles. The van der Waals surface area contributed by atoms with Crippen molar-refractivity contribution in [2.75, 3.05) is 12.8 Å². The standard InChI is InChI=1S/C14H17N3O3S/c1-10-7-13(20-2)14(8-12(10)15)21(18,19)17-9-11-3-5-16-6-4-11/h3-8,17H,9,15H2,1-2H3. The van der Waals surface area contributed by atoms with Gasteiger partial charge in [0.2, 0.25) is 10.0 Å². The van der Waals surface area contributed by atoms with Crippen molar-refractivity contribution in [3.8, 4) is 5.75 Å². The van der Waals surface area contributed by atoms with Crippen molar-refractivity contribution < 1.29 is 13.2 Å². The van der Waals surface area contributed by atoms with Crippen molar-refractivity contribution in [3.63, 3.8) is 0 Å². The van der Waals surface area contributed by atoms with Crippen LogP contribution >= 0.6 is 0 Å². The van der Waals surface area contributed by atoms with E-state index in [2.05, 4.69) is 9.71 Å². The Morgan fingerprint density at radius 3 is 2.57 bits per heavy atom. The fraction of sp³-hybridized carbons (Fsp3) is 0.214. The Bertz CT molecular complexity index is 731. The predicted molar refractivity (Wildman–Crippen MR) is 80.4 cm³/mol. The fourth-order valence-electron chi connectivity index (χ4n) is 1.80. The maximum absolute atomic E-state index is 12.4. The second kappa shape index (κ2) is 6.11. The number of anilines is 1. The molecule has 6 nitrogen and oxygen atoms in total. The first-order valence-electron chi connectivity index (χ1n) is 6.26. The van der Waals surface area contributed by atoms with Crippen LogP contribution in [0.2, 0.25) is 0 Å². The van der Waals surface area contributed by atoms with Gasteiger partial charge in [0.15, 0.2) is 0 Å². The molecule has 0 aliphatic heterocycles. The molecule has 0 atom stereocenters. The summed E-state index contributed by atoms with van der Waals surface area (Å²) in [6, 6.07) is 6.49. The number of nitrogens with zero attached hydrogens (tertiary/aromatic N) is 1. The third kappa shape index (κ3) is 3.50. The molecule has 0 aliphatic carbocycles. The highest BCUT2D eigenvalue weighted by atomic mass is 32.2. The number of nitrogens with one attached hydrogen (secondary N) is 1. The Kier molecular flexibility index (Phi) is 4.44. The number of nitrogens with two attached hydrogens (primary N) is 1. The summed E-state index contributed by atoms with van der Waals surface area (Å²) in [5.74, 6) is 0.268. The topological polar surface area (TPSA) is 94.3 Å². The summed E-state index contributed by atoms with van der Waals surface area (Å²) < 4.78 is 32.4. The second-order valence-corrected chi connectivity index (χ2v) is 6.28. The van der Waals surface area contributed by atoms with Crippen LogP contribution in [0.25, 0.3) is 0 Å². The molecule has 0 spiro atoms. The molecule has 2 aromatic rings. The summed E-state index contributed by atoms with van der Waals surface area (Å²) in [5.41, 5.74) is 7.77. The van der Waals surface area contributed by atoms with E-state index in [0.717, 1.165) is 11.1 Å². The van der Waals surface area contributed by atoms with Gasteiger partial charge in [0.25, 0.3) is 0 Å². The van der Waals surface area contributed by atoms with Crippen molar-refractivity contribution in [1.82, 2.24) is 9.71 Å². The molecule has 0 aliphatic rings. The lowest BCUT2D eigenvalue weighted by Gasteiger charge is -2.13. The van der Waals surface area contributed by atoms with Crippen molar-refractivity contribution in [2.45, 2.75) is 18.4 Å². The van der Waals surface area contributed by atoms with Crippen molar-refractivity contribution >= 4 is 15.7 Å². The zero-order valence-electron chi connectivity index (χ0n) is 11.8. The number of sulfonamides is 1. The van der Waals surface area contributed by atoms with Crippen LogP contribution in [0.3, 0.4) is 0 Å². The zero-order valence-corrected chi connectivity index (χ0v) is 12.6. The number of pyridine rings is 1. The first-order chi connectivity index (χ1) is 9.94. The Hall–Kier alpha value is -2.12. The SMILES string of the molecule is COc1cc(C)c(N)cc1S(=O)(=O)NCc1ccncc1. The summed E-state index contributed by atoms with van der Waals surface area (Å²) in [6.07, 6.45) is 3.21. The van der Waals surface area contributed by atoms with Crippen LogP contribution < -0.4 is 15.2 Å². The van der Waals surface area contributed by atoms with E-state index in [4.69, 9.17) is 10.5 Å². The summed E-state index contributed by atoms with van der Waals surface area (Å²) in [6.45, 7) is 1.96. The fourth-order valence-corrected chi connectivity index (χ4v) is 3.00. The van der Waals surface area contributed by atoms with Gasteiger partial charge >= 0.3 is 0 Å². The van der Waals surface area contributed by atoms with E-state index in [0.29, 0.717) is 5.69 Å². The van der Waals surface area contributed by atoms with Crippen molar-refractivity contribution in [2.24, 2.45) is 0 Å². The molecule has 0 radical (unpaired) electrons. The minimum Gasteiger partial charge on any atom is -0.495 e. The van der Waals surface area contributed by atoms with E-state index in [1.165, 1.54) is 13.2 Å². The monoisotopic (exact) mass is 307 g/mol. The van der Waals surface area contributed by atoms with Crippen LogP contribution in [-0.4, -0.2) is 20.5 Å². The average Bonchev–Trinajstić information content (AvgIpc) is 2.48. The van der Waals surface area contributed by atoms with Crippen LogP contribution in [0.5, 0.6) is 5.75 Å². The van der Waals surface area contributed by atoms with E-state index in [-0.39, 0.29) is 17.2 Å². The molecule has 7 heteroatoms. The predicted octanol–water partition coefficient (Wildman–Crippen LogP) is 1.46. The third-order valence-corrected chi connectivity index (χ3v) is 4.48. The number of benzene rings is 1. The number of ether oxygens (including phenoxy) is 1. The molecule has 3 N–H and O–H groups in total. The van der Waals surface area contributed by atoms with E-state index in [9.17, 15) is 8.42 Å². The summed E-state index contributed by atoms with van der Waals surface area (Å²) >= 11 is 0. The van der Waals surface area contributed by atoms with Crippen LogP contribution in [0, 0.1) is 6.92 Å². The molecule has 21 heavy (non-hydrogen) atoms. The van der Waals surface area contributed by atoms with Gasteiger partial charge in [-0.25, -0.2) is 13.1 Å². The first-order valence-corrected chi connectivity index (χ1v) is 7.75. The number of hydrogen-bond donors (Lipinski definition) is 2. The highest BCUT2D eigenvalue weighted by Crippen LogP contribution is 2.28. The number of rotatable bonds is 5. The molecule has 1 heterocycles. The van der Waals surface area contributed by atoms with Gasteiger partial charge in [-0.05, 0) is 42.3 Å². The van der Waals surface area contributed by atoms with Crippen LogP contribution in [0.1, 0.15) is 11.1 Å². The van der Waals surface area contributed by atoms with E-state index in [1.807, 2.05) is 0 Å². The Morgan fingerprint density at radius 2 is 1.95 bits per heavy atom. The molecular formula is C14H17N3O3S. The number of methoxy groups -OCH3 is 1. The molecule has 1 aromatic carbocycles. The van der Waals surface area contributed by atoms with Gasteiger partial charge in [-0.3, -0.25) is 4.98 Å². The van der Waals surface area contributed by atoms with Crippen molar-refractivity contribution in [3.05, 3.63) is 47.8 Å². The summed E-state index contributed by atoms with van der Waals surface area (Å²) in [4.78, 5) is 3.91. The van der Waals surface area contributed by atoms with Gasteiger partial charge in [-0.15, -0.1) is 0 Å². The molecule has 0 amide bonds. The minimum absolute atomic E-state index is 0.0298.